The number of hydrogen-bond donors (Lipinski definition) is 1. The first-order chi connectivity index (χ1) is 10.4. The fraction of sp³-hybridized carbons (Fsp3) is 0.500. The van der Waals surface area contributed by atoms with Crippen LogP contribution in [0.15, 0.2) is 29.2 Å². The highest BCUT2D eigenvalue weighted by Crippen LogP contribution is 2.23. The first-order valence-electron chi connectivity index (χ1n) is 6.91. The number of nitrogens with zero attached hydrogens (tertiary/aromatic N) is 1. The van der Waals surface area contributed by atoms with Gasteiger partial charge in [0.05, 0.1) is 4.90 Å². The Labute approximate surface area is 140 Å². The van der Waals surface area contributed by atoms with Crippen LogP contribution in [0.25, 0.3) is 0 Å². The average molecular weight is 361 g/mol. The fourth-order valence-electron chi connectivity index (χ4n) is 1.95. The zero-order valence-corrected chi connectivity index (χ0v) is 15.1. The van der Waals surface area contributed by atoms with Gasteiger partial charge < -0.3 is 5.32 Å². The molecule has 1 N–H and O–H groups in total. The van der Waals surface area contributed by atoms with E-state index in [0.717, 1.165) is 15.8 Å². The standard InChI is InChI=1S/C14H20N2O3S3/c1-16(2)22(18,19)13-5-3-11(4-6-13)14(17)15-9-12-10-20-7-8-21-12/h3-6,12H,7-10H2,1-2H3,(H,15,17). The van der Waals surface area contributed by atoms with E-state index in [1.807, 2.05) is 23.5 Å². The van der Waals surface area contributed by atoms with Gasteiger partial charge in [-0.3, -0.25) is 4.79 Å². The van der Waals surface area contributed by atoms with Crippen molar-refractivity contribution in [2.24, 2.45) is 0 Å². The zero-order valence-electron chi connectivity index (χ0n) is 12.6. The van der Waals surface area contributed by atoms with Gasteiger partial charge in [-0.25, -0.2) is 12.7 Å². The second-order valence-electron chi connectivity index (χ2n) is 5.09. The lowest BCUT2D eigenvalue weighted by Gasteiger charge is -2.21. The molecule has 22 heavy (non-hydrogen) atoms. The van der Waals surface area contributed by atoms with E-state index in [-0.39, 0.29) is 10.8 Å². The minimum Gasteiger partial charge on any atom is -0.351 e. The van der Waals surface area contributed by atoms with Crippen molar-refractivity contribution in [1.82, 2.24) is 9.62 Å². The summed E-state index contributed by atoms with van der Waals surface area (Å²) in [6.07, 6.45) is 0. The van der Waals surface area contributed by atoms with E-state index < -0.39 is 10.0 Å². The number of amides is 1. The largest absolute Gasteiger partial charge is 0.351 e. The van der Waals surface area contributed by atoms with Gasteiger partial charge in [0.15, 0.2) is 0 Å². The molecule has 1 atom stereocenters. The van der Waals surface area contributed by atoms with Crippen molar-refractivity contribution in [3.63, 3.8) is 0 Å². The zero-order chi connectivity index (χ0) is 16.2. The predicted molar refractivity (Wildman–Crippen MR) is 93.2 cm³/mol. The summed E-state index contributed by atoms with van der Waals surface area (Å²) in [5.41, 5.74) is 0.478. The highest BCUT2D eigenvalue weighted by atomic mass is 32.2. The van der Waals surface area contributed by atoms with Crippen LogP contribution in [-0.4, -0.2) is 61.8 Å². The maximum Gasteiger partial charge on any atom is 0.251 e. The molecule has 0 saturated carbocycles. The van der Waals surface area contributed by atoms with E-state index in [9.17, 15) is 13.2 Å². The smallest absolute Gasteiger partial charge is 0.251 e. The molecule has 0 spiro atoms. The summed E-state index contributed by atoms with van der Waals surface area (Å²) in [6, 6.07) is 6.04. The Bertz CT molecular complexity index is 609. The van der Waals surface area contributed by atoms with Gasteiger partial charge in [-0.1, -0.05) is 0 Å². The van der Waals surface area contributed by atoms with Crippen molar-refractivity contribution in [2.45, 2.75) is 10.1 Å². The van der Waals surface area contributed by atoms with Gasteiger partial charge in [0.1, 0.15) is 0 Å². The average Bonchev–Trinajstić information content (AvgIpc) is 2.53. The lowest BCUT2D eigenvalue weighted by molar-refractivity contribution is 0.0954. The number of carbonyl (C=O) groups excluding carboxylic acids is 1. The Kier molecular flexibility index (Phi) is 6.19. The summed E-state index contributed by atoms with van der Waals surface area (Å²) in [4.78, 5) is 12.3. The van der Waals surface area contributed by atoms with Crippen molar-refractivity contribution in [3.8, 4) is 0 Å². The highest BCUT2D eigenvalue weighted by molar-refractivity contribution is 8.06. The normalized spacial score (nSPS) is 19.1. The molecule has 1 aliphatic rings. The molecule has 8 heteroatoms. The molecule has 1 aromatic rings. The number of hydrogen-bond acceptors (Lipinski definition) is 5. The Morgan fingerprint density at radius 2 is 1.95 bits per heavy atom. The molecule has 1 saturated heterocycles. The van der Waals surface area contributed by atoms with Crippen LogP contribution in [0.5, 0.6) is 0 Å². The van der Waals surface area contributed by atoms with Crippen LogP contribution in [0.2, 0.25) is 0 Å². The third kappa shape index (κ3) is 4.41. The lowest BCUT2D eigenvalue weighted by Crippen LogP contribution is -2.33. The first-order valence-corrected chi connectivity index (χ1v) is 10.6. The Balaban J connectivity index is 1.96. The molecule has 1 aromatic carbocycles. The van der Waals surface area contributed by atoms with Crippen molar-refractivity contribution in [2.75, 3.05) is 37.9 Å². The molecule has 1 heterocycles. The molecular weight excluding hydrogens is 340 g/mol. The van der Waals surface area contributed by atoms with Crippen LogP contribution in [0.3, 0.4) is 0 Å². The minimum atomic E-state index is -3.45. The van der Waals surface area contributed by atoms with Gasteiger partial charge in [0, 0.05) is 48.7 Å². The van der Waals surface area contributed by atoms with Gasteiger partial charge >= 0.3 is 0 Å². The quantitative estimate of drug-likeness (QED) is 0.862. The molecule has 1 aliphatic heterocycles. The number of sulfonamides is 1. The first kappa shape index (κ1) is 17.7. The Morgan fingerprint density at radius 3 is 2.50 bits per heavy atom. The summed E-state index contributed by atoms with van der Waals surface area (Å²) >= 11 is 3.80. The van der Waals surface area contributed by atoms with Crippen molar-refractivity contribution >= 4 is 39.5 Å². The topological polar surface area (TPSA) is 66.5 Å². The molecule has 0 radical (unpaired) electrons. The van der Waals surface area contributed by atoms with Crippen LogP contribution < -0.4 is 5.32 Å². The van der Waals surface area contributed by atoms with E-state index in [4.69, 9.17) is 0 Å². The van der Waals surface area contributed by atoms with E-state index in [0.29, 0.717) is 17.4 Å². The van der Waals surface area contributed by atoms with E-state index in [1.54, 1.807) is 12.1 Å². The summed E-state index contributed by atoms with van der Waals surface area (Å²) in [6.45, 7) is 0.647. The molecule has 0 aliphatic carbocycles. The third-order valence-electron chi connectivity index (χ3n) is 3.27. The van der Waals surface area contributed by atoms with Crippen LogP contribution in [0.4, 0.5) is 0 Å². The van der Waals surface area contributed by atoms with Crippen molar-refractivity contribution < 1.29 is 13.2 Å². The SMILES string of the molecule is CN(C)S(=O)(=O)c1ccc(C(=O)NCC2CSCCS2)cc1. The minimum absolute atomic E-state index is 0.162. The van der Waals surface area contributed by atoms with Crippen LogP contribution >= 0.6 is 23.5 Å². The molecule has 1 unspecified atom stereocenters. The summed E-state index contributed by atoms with van der Waals surface area (Å²) in [5.74, 6) is 3.20. The highest BCUT2D eigenvalue weighted by Gasteiger charge is 2.18. The molecular formula is C14H20N2O3S3. The lowest BCUT2D eigenvalue weighted by atomic mass is 10.2. The summed E-state index contributed by atoms with van der Waals surface area (Å²) in [7, 11) is -0.489. The maximum absolute atomic E-state index is 12.1. The number of rotatable bonds is 5. The fourth-order valence-corrected chi connectivity index (χ4v) is 5.47. The van der Waals surface area contributed by atoms with Gasteiger partial charge in [0.25, 0.3) is 5.91 Å². The molecule has 5 nitrogen and oxygen atoms in total. The van der Waals surface area contributed by atoms with Gasteiger partial charge in [-0.15, -0.1) is 0 Å². The Morgan fingerprint density at radius 1 is 1.27 bits per heavy atom. The van der Waals surface area contributed by atoms with E-state index >= 15 is 0 Å². The predicted octanol–water partition coefficient (Wildman–Crippen LogP) is 1.52. The number of thioether (sulfide) groups is 2. The number of carbonyl (C=O) groups is 1. The molecule has 0 bridgehead atoms. The molecule has 1 fully saturated rings. The van der Waals surface area contributed by atoms with Crippen molar-refractivity contribution in [1.29, 1.82) is 0 Å². The monoisotopic (exact) mass is 360 g/mol. The molecule has 1 amide bonds. The third-order valence-corrected chi connectivity index (χ3v) is 7.94. The summed E-state index contributed by atoms with van der Waals surface area (Å²) in [5, 5.41) is 3.37. The van der Waals surface area contributed by atoms with Gasteiger partial charge in [0.2, 0.25) is 10.0 Å². The van der Waals surface area contributed by atoms with Crippen LogP contribution in [-0.2, 0) is 10.0 Å². The Hall–Kier alpha value is -0.700. The van der Waals surface area contributed by atoms with Gasteiger partial charge in [-0.2, -0.15) is 23.5 Å². The summed E-state index contributed by atoms with van der Waals surface area (Å²) < 4.78 is 25.1. The van der Waals surface area contributed by atoms with Gasteiger partial charge in [-0.05, 0) is 24.3 Å². The maximum atomic E-state index is 12.1. The van der Waals surface area contributed by atoms with Crippen molar-refractivity contribution in [3.05, 3.63) is 29.8 Å². The second-order valence-corrected chi connectivity index (χ2v) is 9.80. The molecule has 122 valence electrons. The van der Waals surface area contributed by atoms with Crippen LogP contribution in [0, 0.1) is 0 Å². The number of nitrogens with one attached hydrogen (secondary N) is 1. The van der Waals surface area contributed by atoms with Crippen LogP contribution in [0.1, 0.15) is 10.4 Å². The second kappa shape index (κ2) is 7.72. The van der Waals surface area contributed by atoms with E-state index in [1.165, 1.54) is 32.0 Å². The van der Waals surface area contributed by atoms with E-state index in [2.05, 4.69) is 5.32 Å². The molecule has 2 rings (SSSR count). The molecule has 0 aromatic heterocycles. The number of benzene rings is 1.